The van der Waals surface area contributed by atoms with E-state index in [0.29, 0.717) is 6.61 Å². The van der Waals surface area contributed by atoms with Gasteiger partial charge in [-0.25, -0.2) is 4.98 Å². The van der Waals surface area contributed by atoms with Crippen LogP contribution in [0.2, 0.25) is 0 Å². The number of aromatic nitrogens is 1. The molecule has 0 saturated carbocycles. The molecule has 0 atom stereocenters. The third-order valence-corrected chi connectivity index (χ3v) is 3.14. The largest absolute Gasteiger partial charge is 0.494 e. The number of hydrogen-bond acceptors (Lipinski definition) is 3. The van der Waals surface area contributed by atoms with Crippen LogP contribution in [0.25, 0.3) is 10.9 Å². The van der Waals surface area contributed by atoms with E-state index in [9.17, 15) is 0 Å². The second-order valence-corrected chi connectivity index (χ2v) is 5.67. The van der Waals surface area contributed by atoms with Gasteiger partial charge in [-0.3, -0.25) is 0 Å². The molecule has 1 N–H and O–H groups in total. The van der Waals surface area contributed by atoms with Crippen molar-refractivity contribution < 1.29 is 4.74 Å². The molecule has 0 unspecified atom stereocenters. The Morgan fingerprint density at radius 1 is 1.21 bits per heavy atom. The van der Waals surface area contributed by atoms with E-state index in [2.05, 4.69) is 38.2 Å². The van der Waals surface area contributed by atoms with Crippen LogP contribution in [0, 0.1) is 0 Å². The molecule has 0 radical (unpaired) electrons. The number of nitrogens with zero attached hydrogens (tertiary/aromatic N) is 1. The first kappa shape index (κ1) is 13.7. The van der Waals surface area contributed by atoms with Crippen LogP contribution in [0.1, 0.15) is 33.3 Å². The Bertz CT molecular complexity index is 585. The van der Waals surface area contributed by atoms with Gasteiger partial charge in [-0.05, 0) is 36.6 Å². The minimum Gasteiger partial charge on any atom is -0.494 e. The van der Waals surface area contributed by atoms with Gasteiger partial charge in [0.15, 0.2) is 0 Å². The molecule has 0 bridgehead atoms. The molecule has 0 aliphatic rings. The molecule has 0 amide bonds. The van der Waals surface area contributed by atoms with E-state index in [1.54, 1.807) is 0 Å². The monoisotopic (exact) mass is 258 g/mol. The molecule has 3 nitrogen and oxygen atoms in total. The normalized spacial score (nSPS) is 11.6. The fourth-order valence-electron chi connectivity index (χ4n) is 2.17. The number of fused-ring (bicyclic) bond motifs is 1. The molecule has 3 heteroatoms. The molecule has 2 rings (SSSR count). The van der Waals surface area contributed by atoms with Crippen molar-refractivity contribution in [2.45, 2.75) is 33.1 Å². The van der Waals surface area contributed by atoms with Crippen LogP contribution in [-0.4, -0.2) is 18.6 Å². The number of rotatable bonds is 3. The van der Waals surface area contributed by atoms with Crippen LogP contribution in [0.5, 0.6) is 5.75 Å². The molecule has 102 valence electrons. The summed E-state index contributed by atoms with van der Waals surface area (Å²) in [5.41, 5.74) is 2.26. The van der Waals surface area contributed by atoms with E-state index in [-0.39, 0.29) is 5.41 Å². The van der Waals surface area contributed by atoms with Crippen molar-refractivity contribution in [1.29, 1.82) is 0 Å². The number of anilines is 1. The highest BCUT2D eigenvalue weighted by molar-refractivity contribution is 5.83. The number of pyridine rings is 1. The van der Waals surface area contributed by atoms with Gasteiger partial charge in [0.25, 0.3) is 0 Å². The van der Waals surface area contributed by atoms with Crippen LogP contribution in [0.4, 0.5) is 5.82 Å². The highest BCUT2D eigenvalue weighted by Crippen LogP contribution is 2.32. The first-order valence-electron chi connectivity index (χ1n) is 6.71. The molecule has 1 heterocycles. The fraction of sp³-hybridized carbons (Fsp3) is 0.438. The predicted molar refractivity (Wildman–Crippen MR) is 81.2 cm³/mol. The zero-order valence-corrected chi connectivity index (χ0v) is 12.4. The van der Waals surface area contributed by atoms with E-state index < -0.39 is 0 Å². The lowest BCUT2D eigenvalue weighted by Gasteiger charge is -2.22. The summed E-state index contributed by atoms with van der Waals surface area (Å²) in [6.45, 7) is 9.27. The predicted octanol–water partition coefficient (Wildman–Crippen LogP) is 3.97. The third kappa shape index (κ3) is 2.80. The van der Waals surface area contributed by atoms with Crippen molar-refractivity contribution >= 4 is 16.7 Å². The Kier molecular flexibility index (Phi) is 3.65. The zero-order chi connectivity index (χ0) is 14.0. The lowest BCUT2D eigenvalue weighted by molar-refractivity contribution is 0.340. The average Bonchev–Trinajstić information content (AvgIpc) is 2.36. The van der Waals surface area contributed by atoms with Crippen LogP contribution in [0.15, 0.2) is 24.3 Å². The first-order valence-corrected chi connectivity index (χ1v) is 6.71. The fourth-order valence-corrected chi connectivity index (χ4v) is 2.17. The van der Waals surface area contributed by atoms with E-state index in [1.807, 2.05) is 26.1 Å². The van der Waals surface area contributed by atoms with Crippen molar-refractivity contribution in [1.82, 2.24) is 4.98 Å². The summed E-state index contributed by atoms with van der Waals surface area (Å²) in [6.07, 6.45) is 0. The maximum absolute atomic E-state index is 5.55. The second-order valence-electron chi connectivity index (χ2n) is 5.67. The van der Waals surface area contributed by atoms with E-state index in [0.717, 1.165) is 22.5 Å². The highest BCUT2D eigenvalue weighted by Gasteiger charge is 2.19. The van der Waals surface area contributed by atoms with Gasteiger partial charge < -0.3 is 10.1 Å². The molecule has 1 aromatic carbocycles. The van der Waals surface area contributed by atoms with Crippen molar-refractivity contribution in [2.75, 3.05) is 19.0 Å². The maximum Gasteiger partial charge on any atom is 0.130 e. The van der Waals surface area contributed by atoms with Gasteiger partial charge in [-0.1, -0.05) is 20.8 Å². The molecule has 0 saturated heterocycles. The Morgan fingerprint density at radius 3 is 2.53 bits per heavy atom. The molecule has 0 spiro atoms. The van der Waals surface area contributed by atoms with Crippen molar-refractivity contribution in [3.8, 4) is 5.75 Å². The lowest BCUT2D eigenvalue weighted by atomic mass is 9.86. The molecular formula is C16H22N2O. The maximum atomic E-state index is 5.55. The molecule has 0 fully saturated rings. The Labute approximate surface area is 115 Å². The van der Waals surface area contributed by atoms with Crippen LogP contribution in [-0.2, 0) is 5.41 Å². The summed E-state index contributed by atoms with van der Waals surface area (Å²) in [6, 6.07) is 8.24. The smallest absolute Gasteiger partial charge is 0.130 e. The topological polar surface area (TPSA) is 34.1 Å². The quantitative estimate of drug-likeness (QED) is 0.904. The summed E-state index contributed by atoms with van der Waals surface area (Å²) < 4.78 is 5.55. The SMILES string of the molecule is CCOc1ccc2nc(NC)c(C(C)(C)C)cc2c1. The molecular weight excluding hydrogens is 236 g/mol. The lowest BCUT2D eigenvalue weighted by Crippen LogP contribution is -2.15. The minimum atomic E-state index is 0.0567. The van der Waals surface area contributed by atoms with E-state index >= 15 is 0 Å². The van der Waals surface area contributed by atoms with Crippen molar-refractivity contribution in [3.05, 3.63) is 29.8 Å². The first-order chi connectivity index (χ1) is 8.95. The summed E-state index contributed by atoms with van der Waals surface area (Å²) in [7, 11) is 1.91. The molecule has 19 heavy (non-hydrogen) atoms. The Morgan fingerprint density at radius 2 is 1.95 bits per heavy atom. The van der Waals surface area contributed by atoms with Crippen LogP contribution >= 0.6 is 0 Å². The number of nitrogens with one attached hydrogen (secondary N) is 1. The molecule has 2 aromatic rings. The Hall–Kier alpha value is -1.77. The second kappa shape index (κ2) is 5.08. The van der Waals surface area contributed by atoms with Gasteiger partial charge in [0.05, 0.1) is 12.1 Å². The molecule has 1 aromatic heterocycles. The molecule has 0 aliphatic carbocycles. The van der Waals surface area contributed by atoms with Gasteiger partial charge in [-0.15, -0.1) is 0 Å². The van der Waals surface area contributed by atoms with Crippen molar-refractivity contribution in [2.24, 2.45) is 0 Å². The zero-order valence-electron chi connectivity index (χ0n) is 12.4. The summed E-state index contributed by atoms with van der Waals surface area (Å²) in [5.74, 6) is 1.85. The Balaban J connectivity index is 2.62. The summed E-state index contributed by atoms with van der Waals surface area (Å²) in [4.78, 5) is 4.69. The number of benzene rings is 1. The third-order valence-electron chi connectivity index (χ3n) is 3.14. The van der Waals surface area contributed by atoms with E-state index in [4.69, 9.17) is 9.72 Å². The summed E-state index contributed by atoms with van der Waals surface area (Å²) in [5, 5.41) is 4.31. The van der Waals surface area contributed by atoms with Gasteiger partial charge in [0.2, 0.25) is 0 Å². The minimum absolute atomic E-state index is 0.0567. The molecule has 0 aliphatic heterocycles. The van der Waals surface area contributed by atoms with Crippen LogP contribution < -0.4 is 10.1 Å². The van der Waals surface area contributed by atoms with Gasteiger partial charge in [-0.2, -0.15) is 0 Å². The van der Waals surface area contributed by atoms with Gasteiger partial charge in [0.1, 0.15) is 11.6 Å². The van der Waals surface area contributed by atoms with E-state index in [1.165, 1.54) is 5.56 Å². The average molecular weight is 258 g/mol. The van der Waals surface area contributed by atoms with Gasteiger partial charge >= 0.3 is 0 Å². The number of ether oxygens (including phenoxy) is 1. The number of hydrogen-bond donors (Lipinski definition) is 1. The van der Waals surface area contributed by atoms with Crippen LogP contribution in [0.3, 0.4) is 0 Å². The summed E-state index contributed by atoms with van der Waals surface area (Å²) >= 11 is 0. The van der Waals surface area contributed by atoms with Gasteiger partial charge in [0, 0.05) is 18.0 Å². The highest BCUT2D eigenvalue weighted by atomic mass is 16.5. The standard InChI is InChI=1S/C16H22N2O/c1-6-19-12-7-8-14-11(9-12)10-13(16(2,3)4)15(17-5)18-14/h7-10H,6H2,1-5H3,(H,17,18). The van der Waals surface area contributed by atoms with Crippen molar-refractivity contribution in [3.63, 3.8) is 0 Å².